The molecule has 0 saturated carbocycles. The van der Waals surface area contributed by atoms with Crippen LogP contribution in [-0.4, -0.2) is 37.7 Å². The van der Waals surface area contributed by atoms with Crippen LogP contribution in [0.2, 0.25) is 10.0 Å². The van der Waals surface area contributed by atoms with Gasteiger partial charge >= 0.3 is 5.97 Å². The van der Waals surface area contributed by atoms with Gasteiger partial charge in [0.2, 0.25) is 0 Å². The fourth-order valence-electron chi connectivity index (χ4n) is 3.53. The lowest BCUT2D eigenvalue weighted by atomic mass is 10.0. The van der Waals surface area contributed by atoms with Gasteiger partial charge in [0.25, 0.3) is 11.8 Å². The Kier molecular flexibility index (Phi) is 8.58. The van der Waals surface area contributed by atoms with Crippen molar-refractivity contribution in [2.24, 2.45) is 5.10 Å². The molecule has 4 rings (SSSR count). The summed E-state index contributed by atoms with van der Waals surface area (Å²) in [5.41, 5.74) is 3.63. The minimum Gasteiger partial charge on any atom is -0.493 e. The van der Waals surface area contributed by atoms with E-state index in [-0.39, 0.29) is 34.5 Å². The molecular weight excluding hydrogens is 529 g/mol. The second kappa shape index (κ2) is 12.2. The van der Waals surface area contributed by atoms with Crippen LogP contribution >= 0.6 is 23.2 Å². The standard InChI is InChI=1S/C28H21Cl2N3O5/c1-37-25-13-17(9-12-24(25)38-28(36)19-10-11-22(29)23(30)14-19)15-32-33-26(34)16-31-27(35)21-8-4-6-18-5-2-3-7-20(18)21/h2-15H,16H2,1H3,(H,31,35)(H,33,34)/b32-15+. The zero-order valence-corrected chi connectivity index (χ0v) is 21.5. The van der Waals surface area contributed by atoms with E-state index in [1.54, 1.807) is 24.3 Å². The Morgan fingerprint density at radius 1 is 0.895 bits per heavy atom. The normalized spacial score (nSPS) is 10.8. The third kappa shape index (κ3) is 6.47. The predicted molar refractivity (Wildman–Crippen MR) is 146 cm³/mol. The first kappa shape index (κ1) is 26.7. The number of esters is 1. The third-order valence-corrected chi connectivity index (χ3v) is 6.13. The predicted octanol–water partition coefficient (Wildman–Crippen LogP) is 5.25. The molecule has 0 saturated heterocycles. The number of hydrogen-bond acceptors (Lipinski definition) is 6. The first-order valence-corrected chi connectivity index (χ1v) is 12.0. The van der Waals surface area contributed by atoms with Gasteiger partial charge in [0.15, 0.2) is 11.5 Å². The molecule has 0 aliphatic heterocycles. The molecule has 38 heavy (non-hydrogen) atoms. The average molecular weight is 550 g/mol. The molecule has 4 aromatic rings. The Hall–Kier alpha value is -4.40. The number of hydrazone groups is 1. The highest BCUT2D eigenvalue weighted by atomic mass is 35.5. The van der Waals surface area contributed by atoms with Gasteiger partial charge in [-0.25, -0.2) is 10.2 Å². The molecule has 2 N–H and O–H groups in total. The molecule has 0 heterocycles. The summed E-state index contributed by atoms with van der Waals surface area (Å²) in [6.45, 7) is -0.258. The number of methoxy groups -OCH3 is 1. The van der Waals surface area contributed by atoms with Gasteiger partial charge in [-0.3, -0.25) is 9.59 Å². The highest BCUT2D eigenvalue weighted by Gasteiger charge is 2.15. The number of amides is 2. The summed E-state index contributed by atoms with van der Waals surface area (Å²) in [6, 6.07) is 22.0. The van der Waals surface area contributed by atoms with E-state index in [9.17, 15) is 14.4 Å². The smallest absolute Gasteiger partial charge is 0.343 e. The first-order valence-electron chi connectivity index (χ1n) is 11.3. The molecular formula is C28H21Cl2N3O5. The molecule has 8 nitrogen and oxygen atoms in total. The zero-order valence-electron chi connectivity index (χ0n) is 20.0. The Labute approximate surface area is 228 Å². The molecule has 0 fully saturated rings. The highest BCUT2D eigenvalue weighted by Crippen LogP contribution is 2.29. The molecule has 0 aliphatic carbocycles. The second-order valence-electron chi connectivity index (χ2n) is 7.93. The lowest BCUT2D eigenvalue weighted by Gasteiger charge is -2.10. The van der Waals surface area contributed by atoms with Gasteiger partial charge in [-0.15, -0.1) is 0 Å². The topological polar surface area (TPSA) is 106 Å². The molecule has 0 aliphatic rings. The van der Waals surface area contributed by atoms with Crippen LogP contribution in [-0.2, 0) is 4.79 Å². The fourth-order valence-corrected chi connectivity index (χ4v) is 3.83. The van der Waals surface area contributed by atoms with Crippen molar-refractivity contribution in [3.63, 3.8) is 0 Å². The van der Waals surface area contributed by atoms with Crippen molar-refractivity contribution in [3.8, 4) is 11.5 Å². The van der Waals surface area contributed by atoms with E-state index in [0.29, 0.717) is 16.1 Å². The maximum absolute atomic E-state index is 12.6. The lowest BCUT2D eigenvalue weighted by molar-refractivity contribution is -0.120. The fraction of sp³-hybridized carbons (Fsp3) is 0.0714. The van der Waals surface area contributed by atoms with E-state index in [2.05, 4.69) is 15.8 Å². The summed E-state index contributed by atoms with van der Waals surface area (Å²) in [5.74, 6) is -1.05. The van der Waals surface area contributed by atoms with Crippen LogP contribution in [0.5, 0.6) is 11.5 Å². The Morgan fingerprint density at radius 2 is 1.68 bits per heavy atom. The minimum absolute atomic E-state index is 0.181. The summed E-state index contributed by atoms with van der Waals surface area (Å²) in [7, 11) is 1.42. The number of nitrogens with one attached hydrogen (secondary N) is 2. The second-order valence-corrected chi connectivity index (χ2v) is 8.75. The van der Waals surface area contributed by atoms with Gasteiger partial charge < -0.3 is 14.8 Å². The largest absolute Gasteiger partial charge is 0.493 e. The molecule has 2 amide bonds. The molecule has 192 valence electrons. The van der Waals surface area contributed by atoms with Gasteiger partial charge in [0.05, 0.1) is 35.5 Å². The summed E-state index contributed by atoms with van der Waals surface area (Å²) >= 11 is 11.9. The summed E-state index contributed by atoms with van der Waals surface area (Å²) in [4.78, 5) is 37.2. The van der Waals surface area contributed by atoms with Crippen molar-refractivity contribution in [2.45, 2.75) is 0 Å². The summed E-state index contributed by atoms with van der Waals surface area (Å²) in [5, 5.41) is 8.78. The van der Waals surface area contributed by atoms with Crippen molar-refractivity contribution in [1.82, 2.24) is 10.7 Å². The van der Waals surface area contributed by atoms with Crippen LogP contribution < -0.4 is 20.2 Å². The van der Waals surface area contributed by atoms with Crippen molar-refractivity contribution in [1.29, 1.82) is 0 Å². The number of benzene rings is 4. The lowest BCUT2D eigenvalue weighted by Crippen LogP contribution is -2.35. The molecule has 0 aromatic heterocycles. The monoisotopic (exact) mass is 549 g/mol. The molecule has 0 atom stereocenters. The van der Waals surface area contributed by atoms with Crippen LogP contribution in [0.25, 0.3) is 10.8 Å². The summed E-state index contributed by atoms with van der Waals surface area (Å²) in [6.07, 6.45) is 1.39. The number of carbonyl (C=O) groups is 3. The van der Waals surface area contributed by atoms with Gasteiger partial charge in [0, 0.05) is 5.56 Å². The zero-order chi connectivity index (χ0) is 27.1. The molecule has 0 unspecified atom stereocenters. The van der Waals surface area contributed by atoms with E-state index < -0.39 is 11.9 Å². The van der Waals surface area contributed by atoms with Gasteiger partial charge in [-0.2, -0.15) is 5.10 Å². The molecule has 0 bridgehead atoms. The maximum Gasteiger partial charge on any atom is 0.343 e. The SMILES string of the molecule is COc1cc(/C=N/NC(=O)CNC(=O)c2cccc3ccccc23)ccc1OC(=O)c1ccc(Cl)c(Cl)c1. The van der Waals surface area contributed by atoms with Crippen LogP contribution in [0.4, 0.5) is 0 Å². The van der Waals surface area contributed by atoms with E-state index >= 15 is 0 Å². The van der Waals surface area contributed by atoms with Crippen molar-refractivity contribution < 1.29 is 23.9 Å². The molecule has 0 radical (unpaired) electrons. The average Bonchev–Trinajstić information content (AvgIpc) is 2.93. The number of rotatable bonds is 8. The number of hydrogen-bond donors (Lipinski definition) is 2. The Bertz CT molecular complexity index is 1550. The van der Waals surface area contributed by atoms with Gasteiger partial charge in [-0.05, 0) is 58.8 Å². The van der Waals surface area contributed by atoms with Crippen LogP contribution in [0, 0.1) is 0 Å². The Balaban J connectivity index is 1.33. The number of nitrogens with zero attached hydrogens (tertiary/aromatic N) is 1. The van der Waals surface area contributed by atoms with Crippen molar-refractivity contribution >= 4 is 58.0 Å². The van der Waals surface area contributed by atoms with E-state index in [1.165, 1.54) is 37.6 Å². The number of halogens is 2. The van der Waals surface area contributed by atoms with Gasteiger partial charge in [0.1, 0.15) is 0 Å². The molecule has 10 heteroatoms. The first-order chi connectivity index (χ1) is 18.4. The number of carbonyl (C=O) groups excluding carboxylic acids is 3. The molecule has 4 aromatic carbocycles. The summed E-state index contributed by atoms with van der Waals surface area (Å²) < 4.78 is 10.7. The van der Waals surface area contributed by atoms with Crippen LogP contribution in [0.3, 0.4) is 0 Å². The minimum atomic E-state index is -0.638. The van der Waals surface area contributed by atoms with Crippen LogP contribution in [0.15, 0.2) is 84.0 Å². The van der Waals surface area contributed by atoms with Crippen LogP contribution in [0.1, 0.15) is 26.3 Å². The number of fused-ring (bicyclic) bond motifs is 1. The third-order valence-electron chi connectivity index (χ3n) is 5.39. The maximum atomic E-state index is 12.6. The van der Waals surface area contributed by atoms with Crippen molar-refractivity contribution in [3.05, 3.63) is 106 Å². The molecule has 0 spiro atoms. The number of ether oxygens (including phenoxy) is 2. The van der Waals surface area contributed by atoms with Gasteiger partial charge in [-0.1, -0.05) is 59.6 Å². The highest BCUT2D eigenvalue weighted by molar-refractivity contribution is 6.42. The van der Waals surface area contributed by atoms with E-state index in [1.807, 2.05) is 30.3 Å². The quantitative estimate of drug-likeness (QED) is 0.135. The van der Waals surface area contributed by atoms with E-state index in [4.69, 9.17) is 32.7 Å². The van der Waals surface area contributed by atoms with Crippen molar-refractivity contribution in [2.75, 3.05) is 13.7 Å². The Morgan fingerprint density at radius 3 is 2.47 bits per heavy atom. The van der Waals surface area contributed by atoms with E-state index in [0.717, 1.165) is 10.8 Å².